The second-order valence-corrected chi connectivity index (χ2v) is 5.80. The first-order valence-electron chi connectivity index (χ1n) is 7.60. The number of aromatic nitrogens is 4. The van der Waals surface area contributed by atoms with Crippen LogP contribution in [0.15, 0.2) is 36.9 Å². The first-order chi connectivity index (χ1) is 11.8. The van der Waals surface area contributed by atoms with Gasteiger partial charge < -0.3 is 10.6 Å². The molecule has 0 aliphatic carbocycles. The third-order valence-electron chi connectivity index (χ3n) is 3.80. The van der Waals surface area contributed by atoms with Crippen molar-refractivity contribution >= 4 is 22.9 Å². The number of nitrogens with zero attached hydrogens (tertiary/aromatic N) is 4. The Kier molecular flexibility index (Phi) is 5.22. The zero-order chi connectivity index (χ0) is 16.9. The summed E-state index contributed by atoms with van der Waals surface area (Å²) in [5.74, 6) is 0.791. The van der Waals surface area contributed by atoms with Gasteiger partial charge in [0.1, 0.15) is 5.82 Å². The van der Waals surface area contributed by atoms with E-state index in [2.05, 4.69) is 25.7 Å². The highest BCUT2D eigenvalue weighted by atomic mass is 35.5. The number of halogens is 2. The van der Waals surface area contributed by atoms with Crippen molar-refractivity contribution < 1.29 is 4.39 Å². The summed E-state index contributed by atoms with van der Waals surface area (Å²) >= 11 is 5.99. The Hall–Kier alpha value is -2.25. The van der Waals surface area contributed by atoms with E-state index < -0.39 is 0 Å². The molecule has 3 aromatic heterocycles. The molecule has 0 spiro atoms. The molecule has 1 aliphatic rings. The Morgan fingerprint density at radius 3 is 2.96 bits per heavy atom. The SMILES string of the molecule is CF.Clc1ccc2c(-c3cncc(NC4CCNC4)n3)cnn2c1. The van der Waals surface area contributed by atoms with Crippen LogP contribution in [-0.2, 0) is 0 Å². The van der Waals surface area contributed by atoms with E-state index in [0.717, 1.165) is 42.1 Å². The number of nitrogens with one attached hydrogen (secondary N) is 2. The molecule has 0 amide bonds. The Morgan fingerprint density at radius 1 is 1.29 bits per heavy atom. The van der Waals surface area contributed by atoms with E-state index in [1.54, 1.807) is 29.3 Å². The minimum Gasteiger partial charge on any atom is -0.365 e. The third kappa shape index (κ3) is 3.47. The normalized spacial score (nSPS) is 16.7. The molecule has 3 aromatic rings. The molecule has 1 fully saturated rings. The molecular formula is C16H18ClFN6. The van der Waals surface area contributed by atoms with Crippen LogP contribution in [-0.4, -0.2) is 45.9 Å². The highest BCUT2D eigenvalue weighted by Gasteiger charge is 2.15. The van der Waals surface area contributed by atoms with Gasteiger partial charge in [-0.25, -0.2) is 9.50 Å². The van der Waals surface area contributed by atoms with Crippen LogP contribution in [0.3, 0.4) is 0 Å². The van der Waals surface area contributed by atoms with Crippen LogP contribution in [0.25, 0.3) is 16.8 Å². The average Bonchev–Trinajstić information content (AvgIpc) is 3.26. The van der Waals surface area contributed by atoms with Crippen molar-refractivity contribution in [3.05, 3.63) is 41.9 Å². The molecule has 0 radical (unpaired) electrons. The zero-order valence-corrected chi connectivity index (χ0v) is 14.0. The summed E-state index contributed by atoms with van der Waals surface area (Å²) in [5.41, 5.74) is 2.70. The molecule has 8 heteroatoms. The van der Waals surface area contributed by atoms with Crippen molar-refractivity contribution in [2.45, 2.75) is 12.5 Å². The molecule has 0 saturated carbocycles. The molecular weight excluding hydrogens is 331 g/mol. The quantitative estimate of drug-likeness (QED) is 0.762. The average molecular weight is 349 g/mol. The fourth-order valence-electron chi connectivity index (χ4n) is 2.71. The molecule has 2 N–H and O–H groups in total. The number of hydrogen-bond donors (Lipinski definition) is 2. The number of hydrogen-bond acceptors (Lipinski definition) is 5. The number of fused-ring (bicyclic) bond motifs is 1. The van der Waals surface area contributed by atoms with Gasteiger partial charge in [-0.05, 0) is 25.1 Å². The van der Waals surface area contributed by atoms with Gasteiger partial charge in [-0.2, -0.15) is 5.10 Å². The summed E-state index contributed by atoms with van der Waals surface area (Å²) in [7, 11) is 0.500. The lowest BCUT2D eigenvalue weighted by molar-refractivity contribution is 0.636. The molecule has 0 bridgehead atoms. The number of pyridine rings is 1. The number of alkyl halides is 1. The van der Waals surface area contributed by atoms with Gasteiger partial charge in [-0.15, -0.1) is 0 Å². The van der Waals surface area contributed by atoms with Crippen molar-refractivity contribution in [3.63, 3.8) is 0 Å². The largest absolute Gasteiger partial charge is 0.365 e. The highest BCUT2D eigenvalue weighted by molar-refractivity contribution is 6.30. The Bertz CT molecular complexity index is 815. The molecule has 0 aromatic carbocycles. The lowest BCUT2D eigenvalue weighted by Gasteiger charge is -2.12. The first kappa shape index (κ1) is 16.6. The van der Waals surface area contributed by atoms with Crippen LogP contribution in [0.5, 0.6) is 0 Å². The van der Waals surface area contributed by atoms with E-state index in [0.29, 0.717) is 18.2 Å². The molecule has 4 rings (SSSR count). The number of rotatable bonds is 3. The van der Waals surface area contributed by atoms with Gasteiger partial charge in [-0.3, -0.25) is 9.37 Å². The minimum absolute atomic E-state index is 0.410. The summed E-state index contributed by atoms with van der Waals surface area (Å²) < 4.78 is 11.3. The van der Waals surface area contributed by atoms with Crippen molar-refractivity contribution in [2.24, 2.45) is 0 Å². The smallest absolute Gasteiger partial charge is 0.145 e. The van der Waals surface area contributed by atoms with Gasteiger partial charge in [0.15, 0.2) is 0 Å². The van der Waals surface area contributed by atoms with Crippen LogP contribution >= 0.6 is 11.6 Å². The standard InChI is InChI=1S/C15H15ClN6.CH3F/c16-10-1-2-14-12(6-19-22(14)9-10)13-7-18-8-15(21-13)20-11-3-4-17-5-11;1-2/h1-2,6-9,11,17H,3-5H2,(H,20,21);1H3. The van der Waals surface area contributed by atoms with E-state index >= 15 is 0 Å². The second kappa shape index (κ2) is 7.55. The summed E-state index contributed by atoms with van der Waals surface area (Å²) in [6.07, 6.45) is 8.17. The van der Waals surface area contributed by atoms with Gasteiger partial charge in [0.25, 0.3) is 0 Å². The van der Waals surface area contributed by atoms with Crippen molar-refractivity contribution in [1.29, 1.82) is 0 Å². The Morgan fingerprint density at radius 2 is 2.17 bits per heavy atom. The van der Waals surface area contributed by atoms with Crippen LogP contribution in [0.2, 0.25) is 5.02 Å². The van der Waals surface area contributed by atoms with Crippen molar-refractivity contribution in [3.8, 4) is 11.3 Å². The summed E-state index contributed by atoms with van der Waals surface area (Å²) in [4.78, 5) is 8.96. The molecule has 6 nitrogen and oxygen atoms in total. The van der Waals surface area contributed by atoms with Crippen LogP contribution in [0.4, 0.5) is 10.2 Å². The Balaban J connectivity index is 0.000000815. The molecule has 1 atom stereocenters. The highest BCUT2D eigenvalue weighted by Crippen LogP contribution is 2.24. The summed E-state index contributed by atoms with van der Waals surface area (Å²) in [6, 6.07) is 4.20. The lowest BCUT2D eigenvalue weighted by Crippen LogP contribution is -2.22. The van der Waals surface area contributed by atoms with E-state index in [1.165, 1.54) is 0 Å². The number of anilines is 1. The second-order valence-electron chi connectivity index (χ2n) is 5.36. The van der Waals surface area contributed by atoms with E-state index in [4.69, 9.17) is 11.6 Å². The minimum atomic E-state index is 0.410. The van der Waals surface area contributed by atoms with Gasteiger partial charge in [0.05, 0.1) is 42.0 Å². The van der Waals surface area contributed by atoms with Crippen LogP contribution < -0.4 is 10.6 Å². The predicted molar refractivity (Wildman–Crippen MR) is 93.2 cm³/mol. The zero-order valence-electron chi connectivity index (χ0n) is 13.2. The fourth-order valence-corrected chi connectivity index (χ4v) is 2.86. The van der Waals surface area contributed by atoms with Gasteiger partial charge in [0.2, 0.25) is 0 Å². The summed E-state index contributed by atoms with van der Waals surface area (Å²) in [5, 5.41) is 11.7. The molecule has 4 heterocycles. The maximum absolute atomic E-state index is 9.50. The monoisotopic (exact) mass is 348 g/mol. The van der Waals surface area contributed by atoms with E-state index in [-0.39, 0.29) is 0 Å². The van der Waals surface area contributed by atoms with E-state index in [9.17, 15) is 4.39 Å². The van der Waals surface area contributed by atoms with E-state index in [1.807, 2.05) is 12.1 Å². The molecule has 1 saturated heterocycles. The topological polar surface area (TPSA) is 67.1 Å². The molecule has 126 valence electrons. The molecule has 24 heavy (non-hydrogen) atoms. The van der Waals surface area contributed by atoms with Gasteiger partial charge in [-0.1, -0.05) is 11.6 Å². The third-order valence-corrected chi connectivity index (χ3v) is 4.03. The first-order valence-corrected chi connectivity index (χ1v) is 7.98. The fraction of sp³-hybridized carbons (Fsp3) is 0.312. The Labute approximate surface area is 144 Å². The van der Waals surface area contributed by atoms with Crippen LogP contribution in [0.1, 0.15) is 6.42 Å². The summed E-state index contributed by atoms with van der Waals surface area (Å²) in [6.45, 7) is 2.00. The van der Waals surface area contributed by atoms with Crippen molar-refractivity contribution in [2.75, 3.05) is 25.6 Å². The maximum Gasteiger partial charge on any atom is 0.145 e. The van der Waals surface area contributed by atoms with Gasteiger partial charge >= 0.3 is 0 Å². The lowest BCUT2D eigenvalue weighted by atomic mass is 10.2. The predicted octanol–water partition coefficient (Wildman–Crippen LogP) is 2.80. The van der Waals surface area contributed by atoms with Crippen LogP contribution in [0, 0.1) is 0 Å². The van der Waals surface area contributed by atoms with Gasteiger partial charge in [0, 0.05) is 24.3 Å². The van der Waals surface area contributed by atoms with Crippen molar-refractivity contribution in [1.82, 2.24) is 24.9 Å². The molecule has 1 unspecified atom stereocenters. The maximum atomic E-state index is 9.50. The molecule has 1 aliphatic heterocycles.